The van der Waals surface area contributed by atoms with Crippen LogP contribution in [0.15, 0.2) is 29.5 Å². The zero-order valence-electron chi connectivity index (χ0n) is 16.0. The Morgan fingerprint density at radius 1 is 1.23 bits per heavy atom. The van der Waals surface area contributed by atoms with Crippen LogP contribution in [-0.4, -0.2) is 47.5 Å². The number of methoxy groups -OCH3 is 1. The van der Waals surface area contributed by atoms with Crippen LogP contribution in [0.5, 0.6) is 11.5 Å². The van der Waals surface area contributed by atoms with Crippen LogP contribution in [0.3, 0.4) is 0 Å². The van der Waals surface area contributed by atoms with Gasteiger partial charge in [-0.05, 0) is 26.0 Å². The number of aryl methyl sites for hydroxylation is 1. The zero-order valence-corrected chi connectivity index (χ0v) is 16.0. The maximum Gasteiger partial charge on any atom is 0.195 e. The van der Waals surface area contributed by atoms with Crippen molar-refractivity contribution >= 4 is 11.6 Å². The smallest absolute Gasteiger partial charge is 0.195 e. The van der Waals surface area contributed by atoms with Gasteiger partial charge in [0.15, 0.2) is 17.5 Å². The quantitative estimate of drug-likeness (QED) is 0.527. The van der Waals surface area contributed by atoms with Crippen molar-refractivity contribution < 1.29 is 9.47 Å². The number of ether oxygens (including phenoxy) is 2. The van der Waals surface area contributed by atoms with E-state index in [4.69, 9.17) is 9.47 Å². The molecular formula is C18H28N6O2. The summed E-state index contributed by atoms with van der Waals surface area (Å²) >= 11 is 0. The number of benzene rings is 1. The second kappa shape index (κ2) is 10.3. The molecule has 8 nitrogen and oxygen atoms in total. The number of hydrogen-bond acceptors (Lipinski definition) is 5. The van der Waals surface area contributed by atoms with Crippen LogP contribution in [0.2, 0.25) is 0 Å². The first-order valence-corrected chi connectivity index (χ1v) is 8.94. The predicted molar refractivity (Wildman–Crippen MR) is 103 cm³/mol. The lowest BCUT2D eigenvalue weighted by molar-refractivity contribution is 0.311. The van der Waals surface area contributed by atoms with Gasteiger partial charge in [-0.25, -0.2) is 0 Å². The minimum atomic E-state index is 0.593. The molecule has 0 radical (unpaired) electrons. The van der Waals surface area contributed by atoms with Gasteiger partial charge in [0.2, 0.25) is 0 Å². The zero-order chi connectivity index (χ0) is 18.8. The maximum atomic E-state index is 5.55. The van der Waals surface area contributed by atoms with Crippen molar-refractivity contribution in [3.05, 3.63) is 30.4 Å². The molecule has 1 aromatic carbocycles. The standard InChI is InChI=1S/C18H28N6O2/c1-5-17-23-21-13-24(17)11-10-20-18(19-6-2)22-14-8-9-15(26-7-3)16(12-14)25-4/h8-9,12-13H,5-7,10-11H2,1-4H3,(H2,19,20,22). The van der Waals surface area contributed by atoms with Crippen molar-refractivity contribution in [1.82, 2.24) is 20.1 Å². The van der Waals surface area contributed by atoms with Crippen LogP contribution >= 0.6 is 0 Å². The monoisotopic (exact) mass is 360 g/mol. The molecule has 0 saturated heterocycles. The summed E-state index contributed by atoms with van der Waals surface area (Å²) in [4.78, 5) is 4.62. The van der Waals surface area contributed by atoms with Gasteiger partial charge >= 0.3 is 0 Å². The number of nitrogens with one attached hydrogen (secondary N) is 2. The average Bonchev–Trinajstić information content (AvgIpc) is 3.10. The second-order valence-electron chi connectivity index (χ2n) is 5.48. The predicted octanol–water partition coefficient (Wildman–Crippen LogP) is 2.33. The fourth-order valence-corrected chi connectivity index (χ4v) is 2.47. The van der Waals surface area contributed by atoms with Gasteiger partial charge in [0.1, 0.15) is 12.2 Å². The Bertz CT molecular complexity index is 713. The van der Waals surface area contributed by atoms with Crippen molar-refractivity contribution in [3.8, 4) is 11.5 Å². The van der Waals surface area contributed by atoms with Crippen LogP contribution in [0, 0.1) is 0 Å². The molecular weight excluding hydrogens is 332 g/mol. The van der Waals surface area contributed by atoms with E-state index >= 15 is 0 Å². The fraction of sp³-hybridized carbons (Fsp3) is 0.500. The Morgan fingerprint density at radius 2 is 2.08 bits per heavy atom. The lowest BCUT2D eigenvalue weighted by Crippen LogP contribution is -2.31. The summed E-state index contributed by atoms with van der Waals surface area (Å²) in [5, 5.41) is 14.6. The summed E-state index contributed by atoms with van der Waals surface area (Å²) in [6, 6.07) is 5.72. The molecule has 26 heavy (non-hydrogen) atoms. The van der Waals surface area contributed by atoms with E-state index in [1.165, 1.54) is 0 Å². The SMILES string of the molecule is CCNC(=NCCn1cnnc1CC)Nc1ccc(OCC)c(OC)c1. The van der Waals surface area contributed by atoms with E-state index in [1.807, 2.05) is 36.6 Å². The molecule has 1 heterocycles. The van der Waals surface area contributed by atoms with Crippen LogP contribution in [-0.2, 0) is 13.0 Å². The number of rotatable bonds is 9. The molecule has 0 spiro atoms. The Hall–Kier alpha value is -2.77. The van der Waals surface area contributed by atoms with Gasteiger partial charge in [-0.1, -0.05) is 6.92 Å². The molecule has 0 amide bonds. The molecule has 0 aliphatic heterocycles. The third-order valence-corrected chi connectivity index (χ3v) is 3.69. The van der Waals surface area contributed by atoms with Gasteiger partial charge in [0.05, 0.1) is 20.3 Å². The lowest BCUT2D eigenvalue weighted by atomic mass is 10.2. The molecule has 8 heteroatoms. The van der Waals surface area contributed by atoms with Crippen LogP contribution < -0.4 is 20.1 Å². The van der Waals surface area contributed by atoms with Gasteiger partial charge in [-0.2, -0.15) is 0 Å². The van der Waals surface area contributed by atoms with Crippen molar-refractivity contribution in [2.24, 2.45) is 4.99 Å². The van der Waals surface area contributed by atoms with Gasteiger partial charge in [0.25, 0.3) is 0 Å². The third kappa shape index (κ3) is 5.37. The van der Waals surface area contributed by atoms with Gasteiger partial charge < -0.3 is 24.7 Å². The summed E-state index contributed by atoms with van der Waals surface area (Å²) in [5.74, 6) is 3.09. The number of aliphatic imine (C=N–C) groups is 1. The largest absolute Gasteiger partial charge is 0.493 e. The Kier molecular flexibility index (Phi) is 7.73. The number of guanidine groups is 1. The number of hydrogen-bond donors (Lipinski definition) is 2. The van der Waals surface area contributed by atoms with E-state index in [-0.39, 0.29) is 0 Å². The lowest BCUT2D eigenvalue weighted by Gasteiger charge is -2.14. The molecule has 0 fully saturated rings. The van der Waals surface area contributed by atoms with E-state index in [0.29, 0.717) is 24.9 Å². The molecule has 2 N–H and O–H groups in total. The van der Waals surface area contributed by atoms with Gasteiger partial charge in [-0.3, -0.25) is 4.99 Å². The molecule has 0 bridgehead atoms. The molecule has 0 saturated carbocycles. The minimum Gasteiger partial charge on any atom is -0.493 e. The van der Waals surface area contributed by atoms with E-state index in [2.05, 4.69) is 32.7 Å². The minimum absolute atomic E-state index is 0.593. The highest BCUT2D eigenvalue weighted by Gasteiger charge is 2.07. The summed E-state index contributed by atoms with van der Waals surface area (Å²) < 4.78 is 13.0. The Morgan fingerprint density at radius 3 is 2.77 bits per heavy atom. The normalized spacial score (nSPS) is 11.3. The summed E-state index contributed by atoms with van der Waals surface area (Å²) in [6.07, 6.45) is 2.60. The van der Waals surface area contributed by atoms with E-state index < -0.39 is 0 Å². The second-order valence-corrected chi connectivity index (χ2v) is 5.48. The van der Waals surface area contributed by atoms with E-state index in [9.17, 15) is 0 Å². The molecule has 2 rings (SSSR count). The topological polar surface area (TPSA) is 85.6 Å². The van der Waals surface area contributed by atoms with E-state index in [1.54, 1.807) is 13.4 Å². The maximum absolute atomic E-state index is 5.55. The first kappa shape index (κ1) is 19.6. The van der Waals surface area contributed by atoms with Crippen molar-refractivity contribution in [2.45, 2.75) is 33.7 Å². The summed E-state index contributed by atoms with van der Waals surface area (Å²) in [5.41, 5.74) is 0.878. The molecule has 142 valence electrons. The molecule has 0 aliphatic rings. The third-order valence-electron chi connectivity index (χ3n) is 3.69. The van der Waals surface area contributed by atoms with Gasteiger partial charge in [-0.15, -0.1) is 10.2 Å². The Labute approximate surface area is 154 Å². The summed E-state index contributed by atoms with van der Waals surface area (Å²) in [7, 11) is 1.63. The molecule has 0 atom stereocenters. The molecule has 2 aromatic rings. The van der Waals surface area contributed by atoms with Gasteiger partial charge in [0, 0.05) is 31.3 Å². The molecule has 1 aromatic heterocycles. The highest BCUT2D eigenvalue weighted by Crippen LogP contribution is 2.30. The molecule has 0 unspecified atom stereocenters. The molecule has 0 aliphatic carbocycles. The first-order valence-electron chi connectivity index (χ1n) is 8.94. The van der Waals surface area contributed by atoms with Crippen LogP contribution in [0.1, 0.15) is 26.6 Å². The van der Waals surface area contributed by atoms with Crippen LogP contribution in [0.4, 0.5) is 5.69 Å². The fourth-order valence-electron chi connectivity index (χ4n) is 2.47. The number of anilines is 1. The van der Waals surface area contributed by atoms with Crippen molar-refractivity contribution in [1.29, 1.82) is 0 Å². The van der Waals surface area contributed by atoms with E-state index in [0.717, 1.165) is 36.8 Å². The highest BCUT2D eigenvalue weighted by atomic mass is 16.5. The first-order chi connectivity index (χ1) is 12.7. The number of aromatic nitrogens is 3. The van der Waals surface area contributed by atoms with Crippen LogP contribution in [0.25, 0.3) is 0 Å². The summed E-state index contributed by atoms with van der Waals surface area (Å²) in [6.45, 7) is 8.76. The van der Waals surface area contributed by atoms with Crippen molar-refractivity contribution in [3.63, 3.8) is 0 Å². The number of nitrogens with zero attached hydrogens (tertiary/aromatic N) is 4. The van der Waals surface area contributed by atoms with Crippen molar-refractivity contribution in [2.75, 3.05) is 32.1 Å². The highest BCUT2D eigenvalue weighted by molar-refractivity contribution is 5.93. The average molecular weight is 360 g/mol. The Balaban J connectivity index is 2.04.